The quantitative estimate of drug-likeness (QED) is 0.484. The Kier molecular flexibility index (Phi) is 2.82. The molecule has 0 aromatic carbocycles. The number of hydrogen-bond acceptors (Lipinski definition) is 8. The first-order valence-corrected chi connectivity index (χ1v) is 5.85. The van der Waals surface area contributed by atoms with Crippen LogP contribution in [-0.2, 0) is 4.74 Å². The number of nitrogens with zero attached hydrogens (tertiary/aromatic N) is 4. The summed E-state index contributed by atoms with van der Waals surface area (Å²) in [6, 6.07) is -0.549. The van der Waals surface area contributed by atoms with Gasteiger partial charge in [-0.2, -0.15) is 0 Å². The summed E-state index contributed by atoms with van der Waals surface area (Å²) >= 11 is 0. The van der Waals surface area contributed by atoms with Crippen molar-refractivity contribution < 1.29 is 9.84 Å². The molecule has 19 heavy (non-hydrogen) atoms. The van der Waals surface area contributed by atoms with Crippen molar-refractivity contribution in [2.45, 2.75) is 24.5 Å². The molecule has 0 unspecified atom stereocenters. The Morgan fingerprint density at radius 1 is 1.37 bits per heavy atom. The monoisotopic (exact) mass is 265 g/mol. The zero-order valence-corrected chi connectivity index (χ0v) is 10.0. The Morgan fingerprint density at radius 3 is 2.84 bits per heavy atom. The van der Waals surface area contributed by atoms with Crippen molar-refractivity contribution >= 4 is 17.0 Å². The molecule has 1 saturated heterocycles. The van der Waals surface area contributed by atoms with E-state index in [-0.39, 0.29) is 12.4 Å². The Morgan fingerprint density at radius 2 is 2.16 bits per heavy atom. The number of aliphatic hydroxyl groups excluding tert-OH is 1. The van der Waals surface area contributed by atoms with Crippen LogP contribution in [0.5, 0.6) is 0 Å². The van der Waals surface area contributed by atoms with E-state index in [0.29, 0.717) is 11.2 Å². The Bertz CT molecular complexity index is 601. The van der Waals surface area contributed by atoms with Crippen molar-refractivity contribution in [1.82, 2.24) is 19.5 Å². The lowest BCUT2D eigenvalue weighted by atomic mass is 10.1. The van der Waals surface area contributed by atoms with Crippen LogP contribution in [0.2, 0.25) is 0 Å². The summed E-state index contributed by atoms with van der Waals surface area (Å²) in [5.41, 5.74) is 18.1. The van der Waals surface area contributed by atoms with Gasteiger partial charge in [-0.1, -0.05) is 0 Å². The predicted molar refractivity (Wildman–Crippen MR) is 66.7 cm³/mol. The van der Waals surface area contributed by atoms with E-state index in [1.807, 2.05) is 0 Å². The van der Waals surface area contributed by atoms with Gasteiger partial charge in [0.1, 0.15) is 17.9 Å². The minimum Gasteiger partial charge on any atom is -0.387 e. The number of hydrogen-bond donors (Lipinski definition) is 4. The van der Waals surface area contributed by atoms with Gasteiger partial charge in [0.25, 0.3) is 0 Å². The van der Waals surface area contributed by atoms with Crippen LogP contribution in [0, 0.1) is 0 Å². The molecule has 3 heterocycles. The first-order valence-electron chi connectivity index (χ1n) is 5.85. The second-order valence-corrected chi connectivity index (χ2v) is 4.45. The van der Waals surface area contributed by atoms with Crippen LogP contribution < -0.4 is 17.2 Å². The normalized spacial score (nSPS) is 31.1. The first-order chi connectivity index (χ1) is 9.13. The predicted octanol–water partition coefficient (Wildman–Crippen LogP) is -2.05. The molecule has 9 nitrogen and oxygen atoms in total. The second kappa shape index (κ2) is 4.38. The number of imidazole rings is 1. The van der Waals surface area contributed by atoms with Crippen LogP contribution in [0.25, 0.3) is 11.2 Å². The minimum absolute atomic E-state index is 0.235. The molecule has 0 radical (unpaired) electrons. The van der Waals surface area contributed by atoms with Crippen molar-refractivity contribution in [2.75, 3.05) is 12.3 Å². The number of rotatable bonds is 2. The molecule has 2 aromatic heterocycles. The minimum atomic E-state index is -0.887. The summed E-state index contributed by atoms with van der Waals surface area (Å²) < 4.78 is 7.24. The Hall–Kier alpha value is -1.81. The summed E-state index contributed by atoms with van der Waals surface area (Å²) in [4.78, 5) is 12.1. The average molecular weight is 265 g/mol. The van der Waals surface area contributed by atoms with Crippen molar-refractivity contribution in [3.8, 4) is 0 Å². The fourth-order valence-corrected chi connectivity index (χ4v) is 2.26. The van der Waals surface area contributed by atoms with Crippen molar-refractivity contribution in [1.29, 1.82) is 0 Å². The summed E-state index contributed by atoms with van der Waals surface area (Å²) in [5, 5.41) is 10.1. The maximum atomic E-state index is 10.1. The average Bonchev–Trinajstić information content (AvgIpc) is 2.94. The lowest BCUT2D eigenvalue weighted by molar-refractivity contribution is -0.0321. The maximum absolute atomic E-state index is 10.1. The van der Waals surface area contributed by atoms with Crippen LogP contribution in [0.1, 0.15) is 6.23 Å². The van der Waals surface area contributed by atoms with Gasteiger partial charge in [-0.3, -0.25) is 4.57 Å². The van der Waals surface area contributed by atoms with E-state index in [2.05, 4.69) is 15.0 Å². The molecule has 0 aliphatic carbocycles. The largest absolute Gasteiger partial charge is 0.387 e. The molecule has 2 aromatic rings. The van der Waals surface area contributed by atoms with Crippen LogP contribution in [0.4, 0.5) is 5.82 Å². The standard InChI is InChI=1S/C10H15N7O2/c11-1-4-5(12)7(18)10(19-4)17-3-16-6-8(13)14-2-15-9(6)17/h2-5,7,10,18H,1,11-12H2,(H2,13,14,15)/t4-,5-,7-,10-/m1/s1. The lowest BCUT2D eigenvalue weighted by Crippen LogP contribution is -2.42. The van der Waals surface area contributed by atoms with Crippen LogP contribution in [0.3, 0.4) is 0 Å². The number of nitrogen functional groups attached to an aromatic ring is 1. The van der Waals surface area contributed by atoms with E-state index in [0.717, 1.165) is 0 Å². The molecule has 0 amide bonds. The van der Waals surface area contributed by atoms with Crippen LogP contribution in [0.15, 0.2) is 12.7 Å². The van der Waals surface area contributed by atoms with Gasteiger partial charge in [0, 0.05) is 6.54 Å². The summed E-state index contributed by atoms with van der Waals surface area (Å²) in [5.74, 6) is 0.274. The number of nitrogens with two attached hydrogens (primary N) is 3. The number of anilines is 1. The molecule has 1 aliphatic heterocycles. The summed E-state index contributed by atoms with van der Waals surface area (Å²) in [6.45, 7) is 0.235. The number of aromatic nitrogens is 4. The highest BCUT2D eigenvalue weighted by Crippen LogP contribution is 2.30. The third-order valence-corrected chi connectivity index (χ3v) is 3.32. The number of fused-ring (bicyclic) bond motifs is 1. The fraction of sp³-hybridized carbons (Fsp3) is 0.500. The molecular weight excluding hydrogens is 250 g/mol. The third-order valence-electron chi connectivity index (χ3n) is 3.32. The SMILES string of the molecule is NC[C@H]1O[C@@H](n2cnc3c(N)ncnc32)[C@H](O)[C@@H]1N. The highest BCUT2D eigenvalue weighted by atomic mass is 16.5. The summed E-state index contributed by atoms with van der Waals surface area (Å²) in [7, 11) is 0. The van der Waals surface area contributed by atoms with E-state index in [1.165, 1.54) is 12.7 Å². The van der Waals surface area contributed by atoms with Crippen LogP contribution in [-0.4, -0.2) is 49.4 Å². The molecule has 0 saturated carbocycles. The van der Waals surface area contributed by atoms with E-state index < -0.39 is 24.5 Å². The molecule has 0 bridgehead atoms. The molecule has 102 valence electrons. The van der Waals surface area contributed by atoms with Gasteiger partial charge in [0.2, 0.25) is 0 Å². The highest BCUT2D eigenvalue weighted by Gasteiger charge is 2.42. The zero-order chi connectivity index (χ0) is 13.6. The van der Waals surface area contributed by atoms with Crippen molar-refractivity contribution in [3.63, 3.8) is 0 Å². The van der Waals surface area contributed by atoms with E-state index in [4.69, 9.17) is 21.9 Å². The molecule has 1 aliphatic rings. The van der Waals surface area contributed by atoms with Gasteiger partial charge in [0.05, 0.1) is 18.5 Å². The topological polar surface area (TPSA) is 151 Å². The summed E-state index contributed by atoms with van der Waals surface area (Å²) in [6.07, 6.45) is 0.855. The molecular formula is C10H15N7O2. The molecule has 3 rings (SSSR count). The van der Waals surface area contributed by atoms with Gasteiger partial charge in [-0.25, -0.2) is 15.0 Å². The van der Waals surface area contributed by atoms with E-state index in [1.54, 1.807) is 4.57 Å². The van der Waals surface area contributed by atoms with E-state index >= 15 is 0 Å². The maximum Gasteiger partial charge on any atom is 0.167 e. The Balaban J connectivity index is 2.04. The molecule has 9 heteroatoms. The van der Waals surface area contributed by atoms with Gasteiger partial charge >= 0.3 is 0 Å². The fourth-order valence-electron chi connectivity index (χ4n) is 2.26. The molecule has 7 N–H and O–H groups in total. The van der Waals surface area contributed by atoms with Gasteiger partial charge in [0.15, 0.2) is 17.7 Å². The van der Waals surface area contributed by atoms with Crippen LogP contribution >= 0.6 is 0 Å². The van der Waals surface area contributed by atoms with Gasteiger partial charge in [-0.05, 0) is 0 Å². The number of aliphatic hydroxyl groups is 1. The molecule has 0 spiro atoms. The first kappa shape index (κ1) is 12.2. The molecule has 1 fully saturated rings. The van der Waals surface area contributed by atoms with Crippen molar-refractivity contribution in [2.24, 2.45) is 11.5 Å². The Labute approximate surface area is 108 Å². The number of ether oxygens (including phenoxy) is 1. The smallest absolute Gasteiger partial charge is 0.167 e. The third kappa shape index (κ3) is 1.75. The lowest BCUT2D eigenvalue weighted by Gasteiger charge is -2.16. The van der Waals surface area contributed by atoms with Gasteiger partial charge in [-0.15, -0.1) is 0 Å². The zero-order valence-electron chi connectivity index (χ0n) is 10.0. The highest BCUT2D eigenvalue weighted by molar-refractivity contribution is 5.81. The van der Waals surface area contributed by atoms with Crippen molar-refractivity contribution in [3.05, 3.63) is 12.7 Å². The second-order valence-electron chi connectivity index (χ2n) is 4.45. The van der Waals surface area contributed by atoms with Gasteiger partial charge < -0.3 is 27.0 Å². The van der Waals surface area contributed by atoms with E-state index in [9.17, 15) is 5.11 Å². The molecule has 4 atom stereocenters.